The Bertz CT molecular complexity index is 904. The van der Waals surface area contributed by atoms with Crippen molar-refractivity contribution in [2.45, 2.75) is 19.5 Å². The first-order valence-corrected chi connectivity index (χ1v) is 7.89. The van der Waals surface area contributed by atoms with E-state index in [-0.39, 0.29) is 28.4 Å². The number of carbonyl (C=O) groups excluding carboxylic acids is 2. The highest BCUT2D eigenvalue weighted by molar-refractivity contribution is 6.49. The highest BCUT2D eigenvalue weighted by Crippen LogP contribution is 2.27. The van der Waals surface area contributed by atoms with Gasteiger partial charge in [-0.05, 0) is 55.3 Å². The number of alkyl halides is 2. The molecule has 3 nitrogen and oxygen atoms in total. The number of ether oxygens (including phenoxy) is 1. The van der Waals surface area contributed by atoms with Gasteiger partial charge in [0.15, 0.2) is 0 Å². The molecular formula is C20H13F3O3. The van der Waals surface area contributed by atoms with Crippen LogP contribution < -0.4 is 4.74 Å². The first-order valence-electron chi connectivity index (χ1n) is 7.89. The van der Waals surface area contributed by atoms with Gasteiger partial charge in [-0.15, -0.1) is 0 Å². The van der Waals surface area contributed by atoms with E-state index in [0.717, 1.165) is 18.9 Å². The van der Waals surface area contributed by atoms with Crippen LogP contribution in [0.3, 0.4) is 0 Å². The molecule has 6 heteroatoms. The molecule has 2 aromatic rings. The molecule has 0 N–H and O–H groups in total. The molecule has 0 aromatic heterocycles. The van der Waals surface area contributed by atoms with Gasteiger partial charge in [0, 0.05) is 17.0 Å². The van der Waals surface area contributed by atoms with Gasteiger partial charge < -0.3 is 4.74 Å². The summed E-state index contributed by atoms with van der Waals surface area (Å²) in [5.74, 6) is 3.52. The second-order valence-corrected chi connectivity index (χ2v) is 5.80. The van der Waals surface area contributed by atoms with Crippen LogP contribution in [0.25, 0.3) is 0 Å². The average molecular weight is 358 g/mol. The molecular weight excluding hydrogens is 345 g/mol. The standard InChI is InChI=1S/C20H13F3O3/c21-17-10-7-15(11-14(17)4-3-12-1-2-12)19(25)18(24)13-5-8-16(9-6-13)26-20(22)23/h5-12,20H,1-2H2. The van der Waals surface area contributed by atoms with Crippen molar-refractivity contribution in [1.29, 1.82) is 0 Å². The Morgan fingerprint density at radius 1 is 1.00 bits per heavy atom. The maximum absolute atomic E-state index is 13.8. The Morgan fingerprint density at radius 3 is 2.23 bits per heavy atom. The summed E-state index contributed by atoms with van der Waals surface area (Å²) >= 11 is 0. The summed E-state index contributed by atoms with van der Waals surface area (Å²) < 4.78 is 42.3. The fourth-order valence-electron chi connectivity index (χ4n) is 2.22. The van der Waals surface area contributed by atoms with Crippen LogP contribution >= 0.6 is 0 Å². The van der Waals surface area contributed by atoms with E-state index < -0.39 is 24.0 Å². The molecule has 1 saturated carbocycles. The van der Waals surface area contributed by atoms with Gasteiger partial charge in [0.1, 0.15) is 11.6 Å². The van der Waals surface area contributed by atoms with Gasteiger partial charge in [-0.3, -0.25) is 9.59 Å². The lowest BCUT2D eigenvalue weighted by Gasteiger charge is -2.05. The molecule has 1 aliphatic rings. The Hall–Kier alpha value is -3.07. The van der Waals surface area contributed by atoms with Crippen LogP contribution in [0.4, 0.5) is 13.2 Å². The molecule has 0 bridgehead atoms. The fourth-order valence-corrected chi connectivity index (χ4v) is 2.22. The molecule has 132 valence electrons. The number of carbonyl (C=O) groups is 2. The minimum atomic E-state index is -2.98. The predicted molar refractivity (Wildman–Crippen MR) is 87.7 cm³/mol. The molecule has 0 saturated heterocycles. The number of hydrogen-bond donors (Lipinski definition) is 0. The van der Waals surface area contributed by atoms with Crippen molar-refractivity contribution in [3.05, 3.63) is 65.0 Å². The van der Waals surface area contributed by atoms with E-state index in [1.54, 1.807) is 0 Å². The maximum Gasteiger partial charge on any atom is 0.387 e. The van der Waals surface area contributed by atoms with Gasteiger partial charge in [-0.25, -0.2) is 4.39 Å². The lowest BCUT2D eigenvalue weighted by atomic mass is 9.99. The lowest BCUT2D eigenvalue weighted by molar-refractivity contribution is -0.0498. The monoisotopic (exact) mass is 358 g/mol. The number of benzene rings is 2. The van der Waals surface area contributed by atoms with Crippen LogP contribution in [0.5, 0.6) is 5.75 Å². The Morgan fingerprint density at radius 2 is 1.62 bits per heavy atom. The number of ketones is 2. The molecule has 26 heavy (non-hydrogen) atoms. The molecule has 0 radical (unpaired) electrons. The normalized spacial score (nSPS) is 13.1. The Kier molecular flexibility index (Phi) is 5.08. The molecule has 1 fully saturated rings. The van der Waals surface area contributed by atoms with Crippen molar-refractivity contribution < 1.29 is 27.5 Å². The molecule has 0 spiro atoms. The topological polar surface area (TPSA) is 43.4 Å². The van der Waals surface area contributed by atoms with Gasteiger partial charge in [0.2, 0.25) is 11.6 Å². The molecule has 0 heterocycles. The summed E-state index contributed by atoms with van der Waals surface area (Å²) in [6.07, 6.45) is 1.97. The van der Waals surface area contributed by atoms with Crippen LogP contribution in [0.15, 0.2) is 42.5 Å². The van der Waals surface area contributed by atoms with E-state index >= 15 is 0 Å². The predicted octanol–water partition coefficient (Wildman–Crippen LogP) is 4.25. The SMILES string of the molecule is O=C(C(=O)c1ccc(F)c(C#CC2CC2)c1)c1ccc(OC(F)F)cc1. The van der Waals surface area contributed by atoms with Gasteiger partial charge in [-0.1, -0.05) is 11.8 Å². The number of rotatable bonds is 5. The van der Waals surface area contributed by atoms with Crippen molar-refractivity contribution in [3.63, 3.8) is 0 Å². The zero-order chi connectivity index (χ0) is 18.7. The number of halogens is 3. The van der Waals surface area contributed by atoms with Crippen LogP contribution in [0, 0.1) is 23.6 Å². The highest BCUT2D eigenvalue weighted by Gasteiger charge is 2.20. The van der Waals surface area contributed by atoms with E-state index in [4.69, 9.17) is 0 Å². The van der Waals surface area contributed by atoms with E-state index in [2.05, 4.69) is 16.6 Å². The zero-order valence-corrected chi connectivity index (χ0v) is 13.5. The van der Waals surface area contributed by atoms with Crippen molar-refractivity contribution in [1.82, 2.24) is 0 Å². The van der Waals surface area contributed by atoms with Crippen molar-refractivity contribution >= 4 is 11.6 Å². The fraction of sp³-hybridized carbons (Fsp3) is 0.200. The summed E-state index contributed by atoms with van der Waals surface area (Å²) in [6.45, 7) is -2.98. The second-order valence-electron chi connectivity index (χ2n) is 5.80. The van der Waals surface area contributed by atoms with Gasteiger partial charge in [-0.2, -0.15) is 8.78 Å². The lowest BCUT2D eigenvalue weighted by Crippen LogP contribution is -2.15. The van der Waals surface area contributed by atoms with E-state index in [1.807, 2.05) is 0 Å². The van der Waals surface area contributed by atoms with Gasteiger partial charge in [0.25, 0.3) is 0 Å². The highest BCUT2D eigenvalue weighted by atomic mass is 19.3. The summed E-state index contributed by atoms with van der Waals surface area (Å²) in [7, 11) is 0. The minimum absolute atomic E-state index is 0.0180. The van der Waals surface area contributed by atoms with E-state index in [0.29, 0.717) is 0 Å². The molecule has 0 unspecified atom stereocenters. The third-order valence-electron chi connectivity index (χ3n) is 3.76. The smallest absolute Gasteiger partial charge is 0.387 e. The molecule has 0 aliphatic heterocycles. The minimum Gasteiger partial charge on any atom is -0.435 e. The van der Waals surface area contributed by atoms with Crippen molar-refractivity contribution in [2.75, 3.05) is 0 Å². The van der Waals surface area contributed by atoms with Crippen LogP contribution in [0.2, 0.25) is 0 Å². The number of hydrogen-bond acceptors (Lipinski definition) is 3. The van der Waals surface area contributed by atoms with E-state index in [1.165, 1.54) is 36.4 Å². The third-order valence-corrected chi connectivity index (χ3v) is 3.76. The van der Waals surface area contributed by atoms with Crippen LogP contribution in [-0.2, 0) is 0 Å². The summed E-state index contributed by atoms with van der Waals surface area (Å²) in [5.41, 5.74) is 0.104. The van der Waals surface area contributed by atoms with Gasteiger partial charge in [0.05, 0.1) is 5.56 Å². The van der Waals surface area contributed by atoms with E-state index in [9.17, 15) is 22.8 Å². The Balaban J connectivity index is 1.79. The average Bonchev–Trinajstić information content (AvgIpc) is 3.44. The molecule has 1 aliphatic carbocycles. The zero-order valence-electron chi connectivity index (χ0n) is 13.5. The largest absolute Gasteiger partial charge is 0.435 e. The molecule has 0 amide bonds. The second kappa shape index (κ2) is 7.44. The number of Topliss-reactive ketones (excluding diaryl/α,β-unsaturated/α-hetero) is 2. The summed E-state index contributed by atoms with van der Waals surface area (Å²) in [5, 5.41) is 0. The Labute approximate surface area is 147 Å². The molecule has 3 rings (SSSR count). The van der Waals surface area contributed by atoms with Crippen LogP contribution in [0.1, 0.15) is 39.1 Å². The summed E-state index contributed by atoms with van der Waals surface area (Å²) in [4.78, 5) is 24.6. The van der Waals surface area contributed by atoms with Gasteiger partial charge >= 0.3 is 6.61 Å². The molecule has 0 atom stereocenters. The first kappa shape index (κ1) is 17.7. The maximum atomic E-state index is 13.8. The third kappa shape index (κ3) is 4.31. The molecule has 2 aromatic carbocycles. The first-order chi connectivity index (χ1) is 12.4. The quantitative estimate of drug-likeness (QED) is 0.456. The summed E-state index contributed by atoms with van der Waals surface area (Å²) in [6, 6.07) is 8.33. The van der Waals surface area contributed by atoms with Crippen molar-refractivity contribution in [2.24, 2.45) is 5.92 Å². The van der Waals surface area contributed by atoms with Crippen LogP contribution in [-0.4, -0.2) is 18.2 Å². The van der Waals surface area contributed by atoms with Crippen molar-refractivity contribution in [3.8, 4) is 17.6 Å².